The Morgan fingerprint density at radius 3 is 2.34 bits per heavy atom. The highest BCUT2D eigenvalue weighted by Crippen LogP contribution is 2.33. The summed E-state index contributed by atoms with van der Waals surface area (Å²) >= 11 is 0. The fraction of sp³-hybridized carbons (Fsp3) is 0.467. The lowest BCUT2D eigenvalue weighted by Gasteiger charge is -2.42. The molecule has 35 heavy (non-hydrogen) atoms. The molecule has 0 aromatic heterocycles. The van der Waals surface area contributed by atoms with E-state index in [0.29, 0.717) is 23.1 Å². The van der Waals surface area contributed by atoms with Crippen molar-refractivity contribution in [3.8, 4) is 0 Å². The summed E-state index contributed by atoms with van der Waals surface area (Å²) in [4.78, 5) is 14.5. The Hall–Kier alpha value is -3.08. The Balaban J connectivity index is 1.71. The highest BCUT2D eigenvalue weighted by atomic mass is 16.1. The van der Waals surface area contributed by atoms with Gasteiger partial charge in [-0.3, -0.25) is 9.80 Å². The second-order valence-corrected chi connectivity index (χ2v) is 9.94. The number of carbonyl (C=O) groups excluding carboxylic acids is 1. The fourth-order valence-electron chi connectivity index (χ4n) is 4.99. The molecule has 2 aliphatic rings. The van der Waals surface area contributed by atoms with Crippen molar-refractivity contribution >= 4 is 17.2 Å². The summed E-state index contributed by atoms with van der Waals surface area (Å²) in [7, 11) is 1.79. The minimum absolute atomic E-state index is 0.198. The summed E-state index contributed by atoms with van der Waals surface area (Å²) in [6, 6.07) is 8.92. The number of hydrazone groups is 1. The standard InChI is InChI=1S/C30H42N4O/c1-7-24-19-34(20-24)23(5)28(8-2)29(30(31)35)32-33(6)22(4)18-21(3)25-14-16-27(17-15-25)26-12-10-9-11-13-26/h8,14-18,24,26H,4-5,7,9-13,19-20H2,1-3,6H3,(H2,31,35)/b21-18+,28-8+,32-29+. The molecule has 1 amide bonds. The lowest BCUT2D eigenvalue weighted by Crippen LogP contribution is -2.46. The molecule has 5 nitrogen and oxygen atoms in total. The minimum atomic E-state index is -0.578. The van der Waals surface area contributed by atoms with Gasteiger partial charge in [0.05, 0.1) is 5.70 Å². The molecule has 1 aliphatic carbocycles. The molecule has 0 radical (unpaired) electrons. The first kappa shape index (κ1) is 26.5. The third-order valence-electron chi connectivity index (χ3n) is 7.50. The van der Waals surface area contributed by atoms with E-state index in [-0.39, 0.29) is 5.71 Å². The van der Waals surface area contributed by atoms with E-state index >= 15 is 0 Å². The molecule has 1 aromatic carbocycles. The number of amides is 1. The first-order valence-corrected chi connectivity index (χ1v) is 13.0. The lowest BCUT2D eigenvalue weighted by molar-refractivity contribution is -0.112. The molecular formula is C30H42N4O. The predicted molar refractivity (Wildman–Crippen MR) is 148 cm³/mol. The molecule has 1 heterocycles. The van der Waals surface area contributed by atoms with Crippen molar-refractivity contribution in [1.29, 1.82) is 0 Å². The SMILES string of the molecule is C=C(C(=C\C)/C(=N\N(C)C(=C)/C=C(\C)c1ccc(C2CCCCC2)cc1)C(N)=O)N1CC(CC)C1. The second-order valence-electron chi connectivity index (χ2n) is 9.94. The van der Waals surface area contributed by atoms with Gasteiger partial charge in [-0.2, -0.15) is 5.10 Å². The topological polar surface area (TPSA) is 61.9 Å². The molecule has 3 rings (SSSR count). The molecule has 0 unspecified atom stereocenters. The quantitative estimate of drug-likeness (QED) is 0.248. The minimum Gasteiger partial charge on any atom is -0.371 e. The van der Waals surface area contributed by atoms with Crippen molar-refractivity contribution < 1.29 is 4.79 Å². The fourth-order valence-corrected chi connectivity index (χ4v) is 4.99. The van der Waals surface area contributed by atoms with E-state index in [9.17, 15) is 4.79 Å². The van der Waals surface area contributed by atoms with Crippen LogP contribution in [0.5, 0.6) is 0 Å². The van der Waals surface area contributed by atoms with Crippen LogP contribution in [-0.4, -0.2) is 41.7 Å². The molecule has 188 valence electrons. The van der Waals surface area contributed by atoms with E-state index in [1.165, 1.54) is 37.7 Å². The molecule has 2 fully saturated rings. The van der Waals surface area contributed by atoms with Gasteiger partial charge >= 0.3 is 0 Å². The van der Waals surface area contributed by atoms with Crippen molar-refractivity contribution in [1.82, 2.24) is 9.91 Å². The molecule has 5 heteroatoms. The van der Waals surface area contributed by atoms with Gasteiger partial charge in [0.15, 0.2) is 5.71 Å². The van der Waals surface area contributed by atoms with Crippen LogP contribution in [0.15, 0.2) is 71.6 Å². The van der Waals surface area contributed by atoms with Crippen LogP contribution in [0.4, 0.5) is 0 Å². The number of benzene rings is 1. The summed E-state index contributed by atoms with van der Waals surface area (Å²) < 4.78 is 0. The molecular weight excluding hydrogens is 432 g/mol. The van der Waals surface area contributed by atoms with Crippen molar-refractivity contribution in [2.75, 3.05) is 20.1 Å². The van der Waals surface area contributed by atoms with Gasteiger partial charge in [0, 0.05) is 31.4 Å². The first-order valence-electron chi connectivity index (χ1n) is 13.0. The summed E-state index contributed by atoms with van der Waals surface area (Å²) in [6.45, 7) is 16.4. The number of rotatable bonds is 10. The second kappa shape index (κ2) is 12.1. The van der Waals surface area contributed by atoms with Crippen molar-refractivity contribution in [2.24, 2.45) is 16.8 Å². The van der Waals surface area contributed by atoms with Crippen LogP contribution in [0, 0.1) is 5.92 Å². The Morgan fingerprint density at radius 2 is 1.80 bits per heavy atom. The number of nitrogens with zero attached hydrogens (tertiary/aromatic N) is 3. The molecule has 1 aliphatic heterocycles. The van der Waals surface area contributed by atoms with Gasteiger partial charge in [0.1, 0.15) is 0 Å². The Bertz CT molecular complexity index is 1020. The van der Waals surface area contributed by atoms with E-state index in [2.05, 4.69) is 61.3 Å². The largest absolute Gasteiger partial charge is 0.371 e. The normalized spacial score (nSPS) is 18.3. The van der Waals surface area contributed by atoms with Crippen LogP contribution in [0.25, 0.3) is 5.57 Å². The number of primary amides is 1. The van der Waals surface area contributed by atoms with Crippen molar-refractivity contribution in [3.63, 3.8) is 0 Å². The van der Waals surface area contributed by atoms with Gasteiger partial charge in [-0.05, 0) is 67.7 Å². The van der Waals surface area contributed by atoms with E-state index < -0.39 is 5.91 Å². The number of carbonyl (C=O) groups is 1. The predicted octanol–water partition coefficient (Wildman–Crippen LogP) is 6.23. The Morgan fingerprint density at radius 1 is 1.17 bits per heavy atom. The first-order chi connectivity index (χ1) is 16.7. The van der Waals surface area contributed by atoms with Crippen molar-refractivity contribution in [2.45, 2.75) is 65.2 Å². The van der Waals surface area contributed by atoms with Crippen LogP contribution in [0.1, 0.15) is 76.3 Å². The Kier molecular flexibility index (Phi) is 9.13. The molecule has 0 atom stereocenters. The van der Waals surface area contributed by atoms with E-state index in [1.807, 2.05) is 19.1 Å². The summed E-state index contributed by atoms with van der Waals surface area (Å²) in [5.74, 6) is 0.793. The van der Waals surface area contributed by atoms with Gasteiger partial charge in [0.2, 0.25) is 0 Å². The van der Waals surface area contributed by atoms with Crippen LogP contribution in [-0.2, 0) is 4.79 Å². The zero-order chi connectivity index (χ0) is 25.5. The van der Waals surface area contributed by atoms with Gasteiger partial charge in [-0.15, -0.1) is 0 Å². The maximum atomic E-state index is 12.3. The third-order valence-corrected chi connectivity index (χ3v) is 7.50. The highest BCUT2D eigenvalue weighted by molar-refractivity contribution is 6.45. The van der Waals surface area contributed by atoms with Crippen LogP contribution < -0.4 is 5.73 Å². The summed E-state index contributed by atoms with van der Waals surface area (Å²) in [5.41, 5.74) is 11.8. The monoisotopic (exact) mass is 474 g/mol. The highest BCUT2D eigenvalue weighted by Gasteiger charge is 2.29. The average Bonchev–Trinajstić information content (AvgIpc) is 2.83. The van der Waals surface area contributed by atoms with Crippen molar-refractivity contribution in [3.05, 3.63) is 77.7 Å². The smallest absolute Gasteiger partial charge is 0.269 e. The van der Waals surface area contributed by atoms with Crippen LogP contribution in [0.3, 0.4) is 0 Å². The van der Waals surface area contributed by atoms with Gasteiger partial charge in [0.25, 0.3) is 5.91 Å². The number of likely N-dealkylation sites (N-methyl/N-ethyl adjacent to an activating group) is 1. The van der Waals surface area contributed by atoms with E-state index in [0.717, 1.165) is 36.3 Å². The number of allylic oxidation sites excluding steroid dienone is 4. The number of nitrogens with two attached hydrogens (primary N) is 1. The summed E-state index contributed by atoms with van der Waals surface area (Å²) in [5, 5.41) is 6.16. The number of hydrogen-bond donors (Lipinski definition) is 1. The molecule has 1 saturated carbocycles. The average molecular weight is 475 g/mol. The van der Waals surface area contributed by atoms with E-state index in [4.69, 9.17) is 5.73 Å². The zero-order valence-electron chi connectivity index (χ0n) is 22.0. The molecule has 2 N–H and O–H groups in total. The van der Waals surface area contributed by atoms with Crippen LogP contribution >= 0.6 is 0 Å². The molecule has 0 spiro atoms. The third kappa shape index (κ3) is 6.53. The van der Waals surface area contributed by atoms with Gasteiger partial charge < -0.3 is 10.6 Å². The van der Waals surface area contributed by atoms with E-state index in [1.54, 1.807) is 12.1 Å². The van der Waals surface area contributed by atoms with Gasteiger partial charge in [-0.1, -0.05) is 69.7 Å². The maximum Gasteiger partial charge on any atom is 0.269 e. The number of hydrogen-bond acceptors (Lipinski definition) is 4. The zero-order valence-corrected chi connectivity index (χ0v) is 22.0. The molecule has 1 saturated heterocycles. The van der Waals surface area contributed by atoms with Crippen LogP contribution in [0.2, 0.25) is 0 Å². The Labute approximate surface area is 211 Å². The van der Waals surface area contributed by atoms with Gasteiger partial charge in [-0.25, -0.2) is 0 Å². The maximum absolute atomic E-state index is 12.3. The molecule has 1 aromatic rings. The lowest BCUT2D eigenvalue weighted by atomic mass is 9.84. The summed E-state index contributed by atoms with van der Waals surface area (Å²) in [6.07, 6.45) is 11.6. The molecule has 0 bridgehead atoms. The number of likely N-dealkylation sites (tertiary alicyclic amines) is 1.